The Balaban J connectivity index is 2.31. The topological polar surface area (TPSA) is 12.5 Å². The molecule has 1 heterocycles. The molecule has 1 rings (SSSR count). The first kappa shape index (κ1) is 10.0. The third-order valence-corrected chi connectivity index (χ3v) is 1.20. The summed E-state index contributed by atoms with van der Waals surface area (Å²) in [6.45, 7) is 2.63. The van der Waals surface area contributed by atoms with Crippen molar-refractivity contribution in [1.29, 1.82) is 0 Å². The maximum absolute atomic E-state index is 4.87. The van der Waals surface area contributed by atoms with Gasteiger partial charge in [-0.3, -0.25) is 0 Å². The number of allylic oxidation sites excluding steroid dienone is 2. The molecule has 0 N–H and O–H groups in total. The van der Waals surface area contributed by atoms with Crippen LogP contribution in [0, 0.1) is 47.4 Å². The van der Waals surface area contributed by atoms with Crippen LogP contribution in [0.3, 0.4) is 0 Å². The molecule has 1 fully saturated rings. The lowest BCUT2D eigenvalue weighted by Gasteiger charge is -1.61. The molecule has 0 aromatic carbocycles. The Labute approximate surface area is 84.5 Å². The molecule has 0 aliphatic carbocycles. The van der Waals surface area contributed by atoms with Crippen molar-refractivity contribution in [2.45, 2.75) is 13.0 Å². The molecule has 66 valence electrons. The van der Waals surface area contributed by atoms with Gasteiger partial charge >= 0.3 is 0 Å². The second-order valence-electron chi connectivity index (χ2n) is 2.36. The summed E-state index contributed by atoms with van der Waals surface area (Å²) in [6.07, 6.45) is 3.68. The van der Waals surface area contributed by atoms with Gasteiger partial charge in [-0.15, -0.1) is 0 Å². The van der Waals surface area contributed by atoms with E-state index in [9.17, 15) is 0 Å². The molecule has 0 bridgehead atoms. The predicted octanol–water partition coefficient (Wildman–Crippen LogP) is 0.975. The van der Waals surface area contributed by atoms with Crippen molar-refractivity contribution in [3.05, 3.63) is 12.2 Å². The van der Waals surface area contributed by atoms with Crippen LogP contribution < -0.4 is 0 Å². The van der Waals surface area contributed by atoms with Gasteiger partial charge in [-0.05, 0) is 48.5 Å². The standard InChI is InChI=1S/C13H8O/c1-2-3-4-5-6-7-8-9-10-11-13-12-14-13/h2-3,13H,12H2,1H3/b3-2+. The van der Waals surface area contributed by atoms with Crippen molar-refractivity contribution in [2.24, 2.45) is 0 Å². The molecular weight excluding hydrogens is 172 g/mol. The Morgan fingerprint density at radius 2 is 1.71 bits per heavy atom. The third-order valence-electron chi connectivity index (χ3n) is 1.20. The first-order chi connectivity index (χ1) is 6.93. The van der Waals surface area contributed by atoms with Gasteiger partial charge in [0.15, 0.2) is 0 Å². The molecule has 0 aromatic heterocycles. The molecule has 0 spiro atoms. The summed E-state index contributed by atoms with van der Waals surface area (Å²) >= 11 is 0. The zero-order valence-corrected chi connectivity index (χ0v) is 7.85. The second-order valence-corrected chi connectivity index (χ2v) is 2.36. The Bertz CT molecular complexity index is 448. The van der Waals surface area contributed by atoms with E-state index in [-0.39, 0.29) is 6.10 Å². The van der Waals surface area contributed by atoms with Gasteiger partial charge in [0.2, 0.25) is 0 Å². The van der Waals surface area contributed by atoms with Crippen LogP contribution in [0.25, 0.3) is 0 Å². The zero-order valence-electron chi connectivity index (χ0n) is 7.85. The highest BCUT2D eigenvalue weighted by molar-refractivity contribution is 5.41. The summed E-state index contributed by atoms with van der Waals surface area (Å²) in [4.78, 5) is 0. The van der Waals surface area contributed by atoms with Crippen molar-refractivity contribution in [3.63, 3.8) is 0 Å². The van der Waals surface area contributed by atoms with Gasteiger partial charge in [-0.2, -0.15) is 0 Å². The Morgan fingerprint density at radius 3 is 2.36 bits per heavy atom. The smallest absolute Gasteiger partial charge is 0.142 e. The van der Waals surface area contributed by atoms with Crippen LogP contribution in [0.2, 0.25) is 0 Å². The van der Waals surface area contributed by atoms with E-state index < -0.39 is 0 Å². The molecular formula is C13H8O. The van der Waals surface area contributed by atoms with Crippen LogP contribution in [0.5, 0.6) is 0 Å². The van der Waals surface area contributed by atoms with Gasteiger partial charge in [0.1, 0.15) is 6.10 Å². The fraction of sp³-hybridized carbons (Fsp3) is 0.231. The monoisotopic (exact) mass is 180 g/mol. The summed E-state index contributed by atoms with van der Waals surface area (Å²) in [6, 6.07) is 0. The molecule has 1 unspecified atom stereocenters. The van der Waals surface area contributed by atoms with Gasteiger partial charge in [-0.25, -0.2) is 0 Å². The Morgan fingerprint density at radius 1 is 1.07 bits per heavy atom. The zero-order chi connectivity index (χ0) is 10.1. The van der Waals surface area contributed by atoms with E-state index in [1.807, 2.05) is 13.0 Å². The lowest BCUT2D eigenvalue weighted by Crippen LogP contribution is -1.71. The number of rotatable bonds is 0. The van der Waals surface area contributed by atoms with E-state index in [4.69, 9.17) is 4.74 Å². The van der Waals surface area contributed by atoms with Gasteiger partial charge in [0, 0.05) is 0 Å². The minimum atomic E-state index is 0.103. The van der Waals surface area contributed by atoms with Crippen LogP contribution >= 0.6 is 0 Å². The largest absolute Gasteiger partial charge is 0.359 e. The molecule has 1 atom stereocenters. The van der Waals surface area contributed by atoms with Crippen molar-refractivity contribution < 1.29 is 4.74 Å². The van der Waals surface area contributed by atoms with E-state index in [2.05, 4.69) is 47.4 Å². The molecule has 1 aliphatic heterocycles. The summed E-state index contributed by atoms with van der Waals surface area (Å²) in [5, 5.41) is 0. The third kappa shape index (κ3) is 5.57. The first-order valence-corrected chi connectivity index (χ1v) is 4.17. The molecule has 14 heavy (non-hydrogen) atoms. The average molecular weight is 180 g/mol. The fourth-order valence-corrected chi connectivity index (χ4v) is 0.534. The lowest BCUT2D eigenvalue weighted by atomic mass is 10.4. The van der Waals surface area contributed by atoms with Crippen molar-refractivity contribution in [3.8, 4) is 47.4 Å². The SMILES string of the molecule is C/C=C/C#CC#CC#CC#CC1CO1. The van der Waals surface area contributed by atoms with Crippen molar-refractivity contribution >= 4 is 0 Å². The van der Waals surface area contributed by atoms with Crippen LogP contribution in [-0.4, -0.2) is 12.7 Å². The van der Waals surface area contributed by atoms with E-state index in [0.29, 0.717) is 0 Å². The van der Waals surface area contributed by atoms with E-state index in [1.165, 1.54) is 0 Å². The van der Waals surface area contributed by atoms with Gasteiger partial charge in [0.25, 0.3) is 0 Å². The maximum Gasteiger partial charge on any atom is 0.142 e. The summed E-state index contributed by atoms with van der Waals surface area (Å²) in [5.74, 6) is 21.1. The number of hydrogen-bond acceptors (Lipinski definition) is 1. The molecule has 0 amide bonds. The summed E-state index contributed by atoms with van der Waals surface area (Å²) < 4.78 is 4.87. The summed E-state index contributed by atoms with van der Waals surface area (Å²) in [7, 11) is 0. The first-order valence-electron chi connectivity index (χ1n) is 4.17. The highest BCUT2D eigenvalue weighted by Crippen LogP contribution is 2.04. The number of hydrogen-bond donors (Lipinski definition) is 0. The molecule has 1 heteroatoms. The van der Waals surface area contributed by atoms with Gasteiger partial charge in [-0.1, -0.05) is 17.9 Å². The normalized spacial score (nSPS) is 15.9. The quantitative estimate of drug-likeness (QED) is 0.400. The summed E-state index contributed by atoms with van der Waals surface area (Å²) in [5.41, 5.74) is 0. The predicted molar refractivity (Wildman–Crippen MR) is 55.7 cm³/mol. The minimum absolute atomic E-state index is 0.103. The molecule has 1 aliphatic rings. The van der Waals surface area contributed by atoms with Crippen LogP contribution in [-0.2, 0) is 4.74 Å². The second kappa shape index (κ2) is 6.46. The highest BCUT2D eigenvalue weighted by atomic mass is 16.6. The van der Waals surface area contributed by atoms with Crippen molar-refractivity contribution in [2.75, 3.05) is 6.61 Å². The molecule has 0 radical (unpaired) electrons. The Hall–Kier alpha value is -2.06. The minimum Gasteiger partial charge on any atom is -0.359 e. The van der Waals surface area contributed by atoms with Crippen LogP contribution in [0.4, 0.5) is 0 Å². The maximum atomic E-state index is 4.87. The lowest BCUT2D eigenvalue weighted by molar-refractivity contribution is 0.445. The fourth-order valence-electron chi connectivity index (χ4n) is 0.534. The Kier molecular flexibility index (Phi) is 4.62. The van der Waals surface area contributed by atoms with Crippen molar-refractivity contribution in [1.82, 2.24) is 0 Å². The molecule has 0 aromatic rings. The van der Waals surface area contributed by atoms with Crippen LogP contribution in [0.15, 0.2) is 12.2 Å². The average Bonchev–Trinajstić information content (AvgIpc) is 2.99. The van der Waals surface area contributed by atoms with E-state index >= 15 is 0 Å². The molecule has 0 saturated carbocycles. The van der Waals surface area contributed by atoms with E-state index in [0.717, 1.165) is 6.61 Å². The number of ether oxygens (including phenoxy) is 1. The van der Waals surface area contributed by atoms with Crippen LogP contribution in [0.1, 0.15) is 6.92 Å². The van der Waals surface area contributed by atoms with Gasteiger partial charge < -0.3 is 4.74 Å². The van der Waals surface area contributed by atoms with Gasteiger partial charge in [0.05, 0.1) is 6.61 Å². The number of epoxide rings is 1. The molecule has 1 nitrogen and oxygen atoms in total. The van der Waals surface area contributed by atoms with E-state index in [1.54, 1.807) is 6.08 Å². The molecule has 1 saturated heterocycles. The highest BCUT2D eigenvalue weighted by Gasteiger charge is 2.18.